The number of carboxylic acids is 1. The van der Waals surface area contributed by atoms with Gasteiger partial charge >= 0.3 is 5.97 Å². The average molecular weight is 371 g/mol. The van der Waals surface area contributed by atoms with Gasteiger partial charge in [0.05, 0.1) is 18.2 Å². The van der Waals surface area contributed by atoms with Gasteiger partial charge in [-0.3, -0.25) is 0 Å². The van der Waals surface area contributed by atoms with Crippen molar-refractivity contribution in [3.63, 3.8) is 0 Å². The highest BCUT2D eigenvalue weighted by atomic mass is 32.1. The van der Waals surface area contributed by atoms with Crippen molar-refractivity contribution in [3.05, 3.63) is 64.3 Å². The second-order valence-corrected chi connectivity index (χ2v) is 7.34. The molecule has 0 amide bonds. The van der Waals surface area contributed by atoms with E-state index >= 15 is 0 Å². The Morgan fingerprint density at radius 2 is 1.81 bits per heavy atom. The normalized spacial score (nSPS) is 14.7. The van der Waals surface area contributed by atoms with E-state index < -0.39 is 5.97 Å². The highest BCUT2D eigenvalue weighted by Gasteiger charge is 2.21. The molecule has 4 rings (SSSR count). The third-order valence-electron chi connectivity index (χ3n) is 4.61. The molecule has 3 aromatic rings. The molecule has 0 spiro atoms. The lowest BCUT2D eigenvalue weighted by Crippen LogP contribution is -2.35. The Bertz CT molecular complexity index is 963. The van der Waals surface area contributed by atoms with Gasteiger partial charge in [-0.05, 0) is 40.1 Å². The number of carboxylic acid groups (broad SMARTS) is 1. The number of rotatable bonds is 4. The Hall–Kier alpha value is -2.44. The highest BCUT2D eigenvalue weighted by Crippen LogP contribution is 2.33. The summed E-state index contributed by atoms with van der Waals surface area (Å²) in [5, 5.41) is 12.3. The molecule has 1 aliphatic rings. The summed E-state index contributed by atoms with van der Waals surface area (Å²) in [6.45, 7) is 2.75. The lowest BCUT2D eigenvalue weighted by atomic mass is 10.0. The number of nitrogens with zero attached hydrogens (tertiary/aromatic N) is 1. The first-order valence-corrected chi connectivity index (χ1v) is 9.29. The molecular formula is C20H18FNO3S. The van der Waals surface area contributed by atoms with Crippen molar-refractivity contribution < 1.29 is 19.0 Å². The first-order chi connectivity index (χ1) is 12.6. The molecular weight excluding hydrogens is 353 g/mol. The number of morpholine rings is 1. The Labute approximate surface area is 154 Å². The average Bonchev–Trinajstić information content (AvgIpc) is 3.07. The Balaban J connectivity index is 1.70. The molecule has 2 heterocycles. The Kier molecular flexibility index (Phi) is 4.61. The van der Waals surface area contributed by atoms with Crippen molar-refractivity contribution in [3.8, 4) is 0 Å². The molecule has 4 nitrogen and oxygen atoms in total. The fourth-order valence-electron chi connectivity index (χ4n) is 3.27. The van der Waals surface area contributed by atoms with E-state index in [4.69, 9.17) is 4.74 Å². The van der Waals surface area contributed by atoms with Crippen LogP contribution in [0.2, 0.25) is 0 Å². The van der Waals surface area contributed by atoms with Gasteiger partial charge in [-0.1, -0.05) is 24.3 Å². The summed E-state index contributed by atoms with van der Waals surface area (Å²) >= 11 is 1.25. The van der Waals surface area contributed by atoms with E-state index in [9.17, 15) is 14.3 Å². The van der Waals surface area contributed by atoms with E-state index in [1.54, 1.807) is 0 Å². The SMILES string of the molecule is O=C(O)c1sc(N2CCOCC2)cc1Cc1cc2ccccc2cc1F. The van der Waals surface area contributed by atoms with E-state index in [0.29, 0.717) is 24.3 Å². The molecule has 0 radical (unpaired) electrons. The summed E-state index contributed by atoms with van der Waals surface area (Å²) < 4.78 is 19.9. The lowest BCUT2D eigenvalue weighted by molar-refractivity contribution is 0.0701. The van der Waals surface area contributed by atoms with E-state index in [1.807, 2.05) is 36.4 Å². The topological polar surface area (TPSA) is 49.8 Å². The first-order valence-electron chi connectivity index (χ1n) is 8.47. The minimum absolute atomic E-state index is 0.263. The van der Waals surface area contributed by atoms with Crippen LogP contribution in [0.3, 0.4) is 0 Å². The van der Waals surface area contributed by atoms with Crippen LogP contribution in [-0.4, -0.2) is 37.4 Å². The monoisotopic (exact) mass is 371 g/mol. The second-order valence-electron chi connectivity index (χ2n) is 6.31. The molecule has 1 N–H and O–H groups in total. The lowest BCUT2D eigenvalue weighted by Gasteiger charge is -2.27. The number of hydrogen-bond acceptors (Lipinski definition) is 4. The van der Waals surface area contributed by atoms with E-state index in [1.165, 1.54) is 17.4 Å². The smallest absolute Gasteiger partial charge is 0.346 e. The zero-order valence-electron chi connectivity index (χ0n) is 14.1. The van der Waals surface area contributed by atoms with Crippen molar-refractivity contribution in [2.75, 3.05) is 31.2 Å². The minimum Gasteiger partial charge on any atom is -0.477 e. The molecule has 1 aromatic heterocycles. The minimum atomic E-state index is -0.967. The largest absolute Gasteiger partial charge is 0.477 e. The molecule has 0 saturated carbocycles. The van der Waals surface area contributed by atoms with E-state index in [0.717, 1.165) is 28.9 Å². The summed E-state index contributed by atoms with van der Waals surface area (Å²) in [6, 6.07) is 12.8. The molecule has 0 bridgehead atoms. The fraction of sp³-hybridized carbons (Fsp3) is 0.250. The number of anilines is 1. The maximum Gasteiger partial charge on any atom is 0.346 e. The Morgan fingerprint density at radius 3 is 2.50 bits per heavy atom. The number of thiophene rings is 1. The molecule has 2 aromatic carbocycles. The second kappa shape index (κ2) is 7.05. The maximum atomic E-state index is 14.5. The number of carbonyl (C=O) groups is 1. The van der Waals surface area contributed by atoms with Crippen LogP contribution in [-0.2, 0) is 11.2 Å². The van der Waals surface area contributed by atoms with Crippen molar-refractivity contribution in [1.29, 1.82) is 0 Å². The standard InChI is InChI=1S/C20H18FNO3S/c21-17-11-14-4-2-1-3-13(14)9-15(17)10-16-12-18(26-19(16)20(23)24)22-5-7-25-8-6-22/h1-4,9,11-12H,5-8,10H2,(H,23,24). The maximum absolute atomic E-state index is 14.5. The summed E-state index contributed by atoms with van der Waals surface area (Å²) in [7, 11) is 0. The molecule has 0 unspecified atom stereocenters. The third kappa shape index (κ3) is 3.30. The molecule has 1 aliphatic heterocycles. The first kappa shape index (κ1) is 17.0. The summed E-state index contributed by atoms with van der Waals surface area (Å²) in [4.78, 5) is 14.1. The zero-order valence-corrected chi connectivity index (χ0v) is 14.9. The van der Waals surface area contributed by atoms with Gasteiger partial charge in [0, 0.05) is 19.5 Å². The number of ether oxygens (including phenoxy) is 1. The number of benzene rings is 2. The number of fused-ring (bicyclic) bond motifs is 1. The van der Waals surface area contributed by atoms with Gasteiger partial charge in [-0.2, -0.15) is 0 Å². The van der Waals surface area contributed by atoms with Gasteiger partial charge in [-0.25, -0.2) is 9.18 Å². The molecule has 0 aliphatic carbocycles. The molecule has 1 saturated heterocycles. The highest BCUT2D eigenvalue weighted by molar-refractivity contribution is 7.18. The predicted octanol–water partition coefficient (Wildman–Crippen LogP) is 4.17. The fourth-order valence-corrected chi connectivity index (χ4v) is 4.34. The van der Waals surface area contributed by atoms with Crippen LogP contribution < -0.4 is 4.90 Å². The van der Waals surface area contributed by atoms with Gasteiger partial charge < -0.3 is 14.7 Å². The van der Waals surface area contributed by atoms with Crippen molar-refractivity contribution in [1.82, 2.24) is 0 Å². The summed E-state index contributed by atoms with van der Waals surface area (Å²) in [5.41, 5.74) is 1.16. The zero-order chi connectivity index (χ0) is 18.1. The van der Waals surface area contributed by atoms with E-state index in [-0.39, 0.29) is 17.1 Å². The van der Waals surface area contributed by atoms with Gasteiger partial charge in [0.15, 0.2) is 0 Å². The van der Waals surface area contributed by atoms with Crippen LogP contribution in [0.1, 0.15) is 20.8 Å². The van der Waals surface area contributed by atoms with Gasteiger partial charge in [0.1, 0.15) is 10.7 Å². The number of aromatic carboxylic acids is 1. The predicted molar refractivity (Wildman–Crippen MR) is 101 cm³/mol. The summed E-state index contributed by atoms with van der Waals surface area (Å²) in [5.74, 6) is -1.27. The van der Waals surface area contributed by atoms with Crippen molar-refractivity contribution >= 4 is 33.1 Å². The third-order valence-corrected chi connectivity index (χ3v) is 5.83. The molecule has 26 heavy (non-hydrogen) atoms. The van der Waals surface area contributed by atoms with Crippen LogP contribution in [0.15, 0.2) is 42.5 Å². The van der Waals surface area contributed by atoms with Crippen LogP contribution >= 0.6 is 11.3 Å². The van der Waals surface area contributed by atoms with Crippen LogP contribution in [0.5, 0.6) is 0 Å². The quantitative estimate of drug-likeness (QED) is 0.748. The van der Waals surface area contributed by atoms with Crippen molar-refractivity contribution in [2.45, 2.75) is 6.42 Å². The number of hydrogen-bond donors (Lipinski definition) is 1. The van der Waals surface area contributed by atoms with Crippen LogP contribution in [0.4, 0.5) is 9.39 Å². The summed E-state index contributed by atoms with van der Waals surface area (Å²) in [6.07, 6.45) is 0.263. The molecule has 6 heteroatoms. The van der Waals surface area contributed by atoms with Gasteiger partial charge in [-0.15, -0.1) is 11.3 Å². The van der Waals surface area contributed by atoms with Gasteiger partial charge in [0.25, 0.3) is 0 Å². The van der Waals surface area contributed by atoms with Gasteiger partial charge in [0.2, 0.25) is 0 Å². The number of halogens is 1. The molecule has 134 valence electrons. The van der Waals surface area contributed by atoms with Crippen molar-refractivity contribution in [2.24, 2.45) is 0 Å². The Morgan fingerprint density at radius 1 is 1.12 bits per heavy atom. The van der Waals surface area contributed by atoms with E-state index in [2.05, 4.69) is 4.90 Å². The van der Waals surface area contributed by atoms with Crippen LogP contribution in [0.25, 0.3) is 10.8 Å². The molecule has 1 fully saturated rings. The van der Waals surface area contributed by atoms with Crippen LogP contribution in [0, 0.1) is 5.82 Å². The molecule has 0 atom stereocenters.